The van der Waals surface area contributed by atoms with E-state index in [0.717, 1.165) is 31.8 Å². The summed E-state index contributed by atoms with van der Waals surface area (Å²) in [5, 5.41) is 12.1. The minimum atomic E-state index is -0.217. The summed E-state index contributed by atoms with van der Waals surface area (Å²) in [6, 6.07) is 0. The summed E-state index contributed by atoms with van der Waals surface area (Å²) in [6.45, 7) is 14.0. The predicted molar refractivity (Wildman–Crippen MR) is 84.5 cm³/mol. The first-order chi connectivity index (χ1) is 9.15. The molecule has 120 valence electrons. The molecule has 0 spiro atoms. The van der Waals surface area contributed by atoms with Gasteiger partial charge in [0.1, 0.15) is 0 Å². The van der Waals surface area contributed by atoms with E-state index in [1.807, 2.05) is 0 Å². The molecule has 0 radical (unpaired) electrons. The van der Waals surface area contributed by atoms with Gasteiger partial charge in [-0.2, -0.15) is 5.06 Å². The van der Waals surface area contributed by atoms with Crippen molar-refractivity contribution < 1.29 is 9.94 Å². The fraction of sp³-hybridized carbons (Fsp3) is 1.00. The number of aliphatic hydroxyl groups excluding tert-OH is 1. The van der Waals surface area contributed by atoms with Gasteiger partial charge < -0.3 is 5.11 Å². The second-order valence-electron chi connectivity index (χ2n) is 8.06. The summed E-state index contributed by atoms with van der Waals surface area (Å²) >= 11 is 0. The summed E-state index contributed by atoms with van der Waals surface area (Å²) < 4.78 is 0. The van der Waals surface area contributed by atoms with Gasteiger partial charge in [0, 0.05) is 11.1 Å². The van der Waals surface area contributed by atoms with Crippen LogP contribution in [0.4, 0.5) is 0 Å². The minimum absolute atomic E-state index is 0.0981. The second kappa shape index (κ2) is 7.24. The highest BCUT2D eigenvalue weighted by Gasteiger charge is 2.45. The van der Waals surface area contributed by atoms with Crippen LogP contribution in [0.25, 0.3) is 0 Å². The highest BCUT2D eigenvalue weighted by molar-refractivity contribution is 4.96. The van der Waals surface area contributed by atoms with E-state index in [2.05, 4.69) is 46.6 Å². The Morgan fingerprint density at radius 3 is 2.10 bits per heavy atom. The van der Waals surface area contributed by atoms with Crippen molar-refractivity contribution in [1.29, 1.82) is 0 Å². The molecule has 1 saturated heterocycles. The maximum Gasteiger partial charge on any atom is 0.0685 e. The molecule has 0 aromatic carbocycles. The predicted octanol–water partition coefficient (Wildman–Crippen LogP) is 4.15. The SMILES string of the molecule is CC(C)CCCCCON1C(C)(C)CC(O)CC1(C)C. The molecule has 0 bridgehead atoms. The second-order valence-corrected chi connectivity index (χ2v) is 8.06. The van der Waals surface area contributed by atoms with Gasteiger partial charge in [-0.1, -0.05) is 33.1 Å². The van der Waals surface area contributed by atoms with Crippen LogP contribution < -0.4 is 0 Å². The summed E-state index contributed by atoms with van der Waals surface area (Å²) in [5.74, 6) is 0.803. The molecule has 20 heavy (non-hydrogen) atoms. The molecule has 1 N–H and O–H groups in total. The third-order valence-electron chi connectivity index (χ3n) is 4.22. The average molecular weight is 285 g/mol. The molecule has 3 heteroatoms. The van der Waals surface area contributed by atoms with E-state index >= 15 is 0 Å². The van der Waals surface area contributed by atoms with Crippen molar-refractivity contribution in [2.24, 2.45) is 5.92 Å². The van der Waals surface area contributed by atoms with Gasteiger partial charge in [-0.3, -0.25) is 4.84 Å². The van der Waals surface area contributed by atoms with Gasteiger partial charge >= 0.3 is 0 Å². The van der Waals surface area contributed by atoms with Crippen molar-refractivity contribution in [2.75, 3.05) is 6.61 Å². The lowest BCUT2D eigenvalue weighted by Crippen LogP contribution is -2.61. The molecule has 0 aliphatic carbocycles. The quantitative estimate of drug-likeness (QED) is 0.713. The molecule has 1 heterocycles. The number of hydrogen-bond donors (Lipinski definition) is 1. The highest BCUT2D eigenvalue weighted by atomic mass is 16.7. The molecule has 0 saturated carbocycles. The first-order valence-electron chi connectivity index (χ1n) is 8.26. The summed E-state index contributed by atoms with van der Waals surface area (Å²) in [4.78, 5) is 6.09. The van der Waals surface area contributed by atoms with E-state index in [-0.39, 0.29) is 17.2 Å². The molecule has 0 amide bonds. The van der Waals surface area contributed by atoms with Crippen LogP contribution in [0.15, 0.2) is 0 Å². The van der Waals surface area contributed by atoms with E-state index in [4.69, 9.17) is 4.84 Å². The fourth-order valence-electron chi connectivity index (χ4n) is 3.55. The van der Waals surface area contributed by atoms with Crippen LogP contribution >= 0.6 is 0 Å². The molecule has 1 rings (SSSR count). The van der Waals surface area contributed by atoms with Crippen molar-refractivity contribution in [3.05, 3.63) is 0 Å². The first kappa shape index (κ1) is 17.9. The molecule has 0 aromatic heterocycles. The van der Waals surface area contributed by atoms with Crippen molar-refractivity contribution in [3.63, 3.8) is 0 Å². The Morgan fingerprint density at radius 2 is 1.60 bits per heavy atom. The first-order valence-corrected chi connectivity index (χ1v) is 8.26. The van der Waals surface area contributed by atoms with Crippen molar-refractivity contribution in [1.82, 2.24) is 5.06 Å². The Hall–Kier alpha value is -0.120. The topological polar surface area (TPSA) is 32.7 Å². The Morgan fingerprint density at radius 1 is 1.05 bits per heavy atom. The van der Waals surface area contributed by atoms with E-state index < -0.39 is 0 Å². The maximum absolute atomic E-state index is 10.0. The van der Waals surface area contributed by atoms with Crippen LogP contribution in [0.5, 0.6) is 0 Å². The normalized spacial score (nSPS) is 23.4. The number of rotatable bonds is 7. The van der Waals surface area contributed by atoms with E-state index in [9.17, 15) is 5.11 Å². The molecule has 1 fully saturated rings. The van der Waals surface area contributed by atoms with Crippen LogP contribution in [-0.2, 0) is 4.84 Å². The Labute approximate surface area is 125 Å². The molecule has 0 aromatic rings. The maximum atomic E-state index is 10.0. The van der Waals surface area contributed by atoms with E-state index in [1.54, 1.807) is 0 Å². The van der Waals surface area contributed by atoms with Gasteiger partial charge in [0.2, 0.25) is 0 Å². The van der Waals surface area contributed by atoms with Gasteiger partial charge in [0.15, 0.2) is 0 Å². The van der Waals surface area contributed by atoms with E-state index in [1.165, 1.54) is 19.3 Å². The molecule has 1 aliphatic rings. The Balaban J connectivity index is 2.37. The van der Waals surface area contributed by atoms with Crippen LogP contribution in [0.2, 0.25) is 0 Å². The fourth-order valence-corrected chi connectivity index (χ4v) is 3.55. The number of aliphatic hydroxyl groups is 1. The number of piperidine rings is 1. The van der Waals surface area contributed by atoms with Crippen LogP contribution in [-0.4, -0.2) is 34.0 Å². The molecular weight excluding hydrogens is 250 g/mol. The number of unbranched alkanes of at least 4 members (excludes halogenated alkanes) is 2. The van der Waals surface area contributed by atoms with E-state index in [0.29, 0.717) is 0 Å². The van der Waals surface area contributed by atoms with Crippen LogP contribution in [0.1, 0.15) is 80.1 Å². The lowest BCUT2D eigenvalue weighted by molar-refractivity contribution is -0.292. The Bertz CT molecular complexity index is 269. The average Bonchev–Trinajstić information content (AvgIpc) is 2.23. The van der Waals surface area contributed by atoms with Gasteiger partial charge in [0.05, 0.1) is 12.7 Å². The Kier molecular flexibility index (Phi) is 6.49. The number of hydrogen-bond acceptors (Lipinski definition) is 3. The zero-order valence-corrected chi connectivity index (χ0v) is 14.4. The summed E-state index contributed by atoms with van der Waals surface area (Å²) in [7, 11) is 0. The van der Waals surface area contributed by atoms with Gasteiger partial charge in [-0.25, -0.2) is 0 Å². The summed E-state index contributed by atoms with van der Waals surface area (Å²) in [5.41, 5.74) is -0.196. The lowest BCUT2D eigenvalue weighted by Gasteiger charge is -2.52. The van der Waals surface area contributed by atoms with Crippen molar-refractivity contribution in [3.8, 4) is 0 Å². The van der Waals surface area contributed by atoms with Crippen molar-refractivity contribution >= 4 is 0 Å². The summed E-state index contributed by atoms with van der Waals surface area (Å²) in [6.07, 6.45) is 6.33. The third-order valence-corrected chi connectivity index (χ3v) is 4.22. The zero-order valence-electron chi connectivity index (χ0n) is 14.4. The molecule has 3 nitrogen and oxygen atoms in total. The molecule has 1 aliphatic heterocycles. The number of nitrogens with zero attached hydrogens (tertiary/aromatic N) is 1. The highest BCUT2D eigenvalue weighted by Crippen LogP contribution is 2.38. The molecular formula is C17H35NO2. The smallest absolute Gasteiger partial charge is 0.0685 e. The monoisotopic (exact) mass is 285 g/mol. The van der Waals surface area contributed by atoms with Crippen LogP contribution in [0, 0.1) is 5.92 Å². The van der Waals surface area contributed by atoms with Gasteiger partial charge in [-0.05, 0) is 52.9 Å². The lowest BCUT2D eigenvalue weighted by atomic mass is 9.80. The standard InChI is InChI=1S/C17H35NO2/c1-14(2)10-8-7-9-11-20-18-16(3,4)12-15(19)13-17(18,5)6/h14-15,19H,7-13H2,1-6H3. The van der Waals surface area contributed by atoms with Crippen molar-refractivity contribution in [2.45, 2.75) is 97.2 Å². The van der Waals surface area contributed by atoms with Gasteiger partial charge in [0.25, 0.3) is 0 Å². The number of hydroxylamine groups is 2. The largest absolute Gasteiger partial charge is 0.393 e. The zero-order chi connectivity index (χ0) is 15.4. The van der Waals surface area contributed by atoms with Gasteiger partial charge in [-0.15, -0.1) is 0 Å². The molecule has 0 atom stereocenters. The minimum Gasteiger partial charge on any atom is -0.393 e. The third kappa shape index (κ3) is 5.34. The van der Waals surface area contributed by atoms with Crippen LogP contribution in [0.3, 0.4) is 0 Å². The molecule has 0 unspecified atom stereocenters.